The molecule has 0 aliphatic heterocycles. The van der Waals surface area contributed by atoms with Gasteiger partial charge in [-0.15, -0.1) is 0 Å². The zero-order valence-corrected chi connectivity index (χ0v) is 19.9. The molecule has 5 rings (SSSR count). The highest BCUT2D eigenvalue weighted by Crippen LogP contribution is 2.31. The number of carbonyl (C=O) groups excluding carboxylic acids is 2. The van der Waals surface area contributed by atoms with Gasteiger partial charge in [0, 0.05) is 29.1 Å². The summed E-state index contributed by atoms with van der Waals surface area (Å²) in [6, 6.07) is 24.6. The minimum Gasteiger partial charge on any atom is -0.454 e. The van der Waals surface area contributed by atoms with Gasteiger partial charge in [0.2, 0.25) is 5.78 Å². The first-order chi connectivity index (χ1) is 17.5. The summed E-state index contributed by atoms with van der Waals surface area (Å²) >= 11 is 0. The number of aryl methyl sites for hydroxylation is 2. The van der Waals surface area contributed by atoms with Crippen LogP contribution in [-0.4, -0.2) is 33.3 Å². The highest BCUT2D eigenvalue weighted by molar-refractivity contribution is 6.00. The lowest BCUT2D eigenvalue weighted by Gasteiger charge is -2.12. The molecule has 0 N–H and O–H groups in total. The van der Waals surface area contributed by atoms with Gasteiger partial charge in [-0.25, -0.2) is 14.8 Å². The maximum atomic E-state index is 12.7. The Kier molecular flexibility index (Phi) is 6.33. The summed E-state index contributed by atoms with van der Waals surface area (Å²) in [7, 11) is 0. The quantitative estimate of drug-likeness (QED) is 0.222. The summed E-state index contributed by atoms with van der Waals surface area (Å²) in [5.41, 5.74) is 7.61. The van der Waals surface area contributed by atoms with Crippen molar-refractivity contribution in [3.8, 4) is 22.5 Å². The van der Waals surface area contributed by atoms with Gasteiger partial charge in [-0.1, -0.05) is 59.7 Å². The molecule has 0 atom stereocenters. The van der Waals surface area contributed by atoms with Crippen LogP contribution in [0.25, 0.3) is 33.5 Å². The second kappa shape index (κ2) is 9.88. The fraction of sp³-hybridized carbons (Fsp3) is 0.100. The smallest absolute Gasteiger partial charge is 0.338 e. The Morgan fingerprint density at radius 1 is 0.722 bits per heavy atom. The average molecular weight is 474 g/mol. The first-order valence-corrected chi connectivity index (χ1v) is 11.5. The van der Waals surface area contributed by atoms with Crippen molar-refractivity contribution in [1.82, 2.24) is 15.0 Å². The number of pyridine rings is 1. The Morgan fingerprint density at radius 3 is 1.92 bits per heavy atom. The van der Waals surface area contributed by atoms with E-state index in [1.807, 2.05) is 62.4 Å². The predicted molar refractivity (Wildman–Crippen MR) is 139 cm³/mol. The molecular weight excluding hydrogens is 450 g/mol. The zero-order valence-electron chi connectivity index (χ0n) is 19.9. The van der Waals surface area contributed by atoms with Crippen molar-refractivity contribution in [3.05, 3.63) is 114 Å². The maximum Gasteiger partial charge on any atom is 0.338 e. The van der Waals surface area contributed by atoms with E-state index in [-0.39, 0.29) is 12.4 Å². The van der Waals surface area contributed by atoms with Crippen molar-refractivity contribution in [2.75, 3.05) is 6.61 Å². The number of fused-ring (bicyclic) bond motifs is 1. The number of nitrogens with zero attached hydrogens (tertiary/aromatic N) is 3. The Bertz CT molecular complexity index is 1560. The van der Waals surface area contributed by atoms with Crippen LogP contribution in [0.5, 0.6) is 0 Å². The molecule has 5 aromatic rings. The highest BCUT2D eigenvalue weighted by atomic mass is 16.5. The number of aromatic nitrogens is 3. The molecule has 0 radical (unpaired) electrons. The van der Waals surface area contributed by atoms with E-state index in [1.165, 1.54) is 6.20 Å². The minimum absolute atomic E-state index is 0.300. The summed E-state index contributed by atoms with van der Waals surface area (Å²) in [6.45, 7) is 3.71. The molecule has 6 heteroatoms. The van der Waals surface area contributed by atoms with E-state index in [9.17, 15) is 9.59 Å². The van der Waals surface area contributed by atoms with Crippen molar-refractivity contribution in [2.24, 2.45) is 0 Å². The number of hydrogen-bond acceptors (Lipinski definition) is 6. The first kappa shape index (κ1) is 23.1. The lowest BCUT2D eigenvalue weighted by Crippen LogP contribution is -2.14. The number of ether oxygens (including phenoxy) is 1. The summed E-state index contributed by atoms with van der Waals surface area (Å²) in [4.78, 5) is 38.7. The van der Waals surface area contributed by atoms with Gasteiger partial charge in [0.25, 0.3) is 0 Å². The Balaban J connectivity index is 1.50. The van der Waals surface area contributed by atoms with E-state index >= 15 is 0 Å². The Labute approximate surface area is 208 Å². The molecule has 0 aliphatic carbocycles. The number of benzene rings is 3. The van der Waals surface area contributed by atoms with Crippen molar-refractivity contribution >= 4 is 22.8 Å². The van der Waals surface area contributed by atoms with Crippen LogP contribution >= 0.6 is 0 Å². The molecule has 0 spiro atoms. The van der Waals surface area contributed by atoms with Gasteiger partial charge in [0.05, 0.1) is 28.0 Å². The minimum atomic E-state index is -0.601. The summed E-state index contributed by atoms with van der Waals surface area (Å²) < 4.78 is 5.26. The fourth-order valence-corrected chi connectivity index (χ4v) is 3.83. The van der Waals surface area contributed by atoms with E-state index in [1.54, 1.807) is 36.5 Å². The molecular formula is C30H23N3O3. The third-order valence-electron chi connectivity index (χ3n) is 5.87. The number of rotatable bonds is 6. The Hall–Kier alpha value is -4.71. The maximum absolute atomic E-state index is 12.7. The van der Waals surface area contributed by atoms with Crippen molar-refractivity contribution in [3.63, 3.8) is 0 Å². The van der Waals surface area contributed by atoms with Crippen LogP contribution in [0.15, 0.2) is 91.3 Å². The first-order valence-electron chi connectivity index (χ1n) is 11.5. The van der Waals surface area contributed by atoms with Gasteiger partial charge in [-0.2, -0.15) is 0 Å². The highest BCUT2D eigenvalue weighted by Gasteiger charge is 2.16. The number of ketones is 1. The second-order valence-corrected chi connectivity index (χ2v) is 8.60. The molecule has 0 aliphatic rings. The molecule has 0 saturated carbocycles. The van der Waals surface area contributed by atoms with Gasteiger partial charge in [-0.3, -0.25) is 9.78 Å². The molecule has 176 valence electrons. The molecule has 0 amide bonds. The summed E-state index contributed by atoms with van der Waals surface area (Å²) in [6.07, 6.45) is 3.02. The van der Waals surface area contributed by atoms with Crippen LogP contribution in [0.2, 0.25) is 0 Å². The van der Waals surface area contributed by atoms with E-state index in [0.717, 1.165) is 33.6 Å². The molecule has 0 saturated heterocycles. The van der Waals surface area contributed by atoms with Gasteiger partial charge >= 0.3 is 5.97 Å². The number of hydrogen-bond donors (Lipinski definition) is 0. The lowest BCUT2D eigenvalue weighted by molar-refractivity contribution is 0.0475. The number of esters is 1. The van der Waals surface area contributed by atoms with Crippen LogP contribution in [0.4, 0.5) is 0 Å². The summed E-state index contributed by atoms with van der Waals surface area (Å²) in [5, 5.41) is 0. The molecule has 6 nitrogen and oxygen atoms in total. The van der Waals surface area contributed by atoms with Crippen molar-refractivity contribution < 1.29 is 14.3 Å². The van der Waals surface area contributed by atoms with Crippen molar-refractivity contribution in [1.29, 1.82) is 0 Å². The van der Waals surface area contributed by atoms with Crippen molar-refractivity contribution in [2.45, 2.75) is 13.8 Å². The van der Waals surface area contributed by atoms with Crippen LogP contribution in [0, 0.1) is 13.8 Å². The molecule has 0 bridgehead atoms. The average Bonchev–Trinajstić information content (AvgIpc) is 2.92. The van der Waals surface area contributed by atoms with E-state index < -0.39 is 5.97 Å². The molecule has 36 heavy (non-hydrogen) atoms. The van der Waals surface area contributed by atoms with Gasteiger partial charge in [0.15, 0.2) is 6.61 Å². The van der Waals surface area contributed by atoms with Gasteiger partial charge in [0.1, 0.15) is 0 Å². The number of Topliss-reactive ketones (excluding diaryl/α,β-unsaturated/α-hetero) is 1. The third kappa shape index (κ3) is 4.88. The zero-order chi connectivity index (χ0) is 25.1. The summed E-state index contributed by atoms with van der Waals surface area (Å²) in [5.74, 6) is -0.920. The van der Waals surface area contributed by atoms with Crippen LogP contribution in [0.3, 0.4) is 0 Å². The number of carbonyl (C=O) groups is 2. The topological polar surface area (TPSA) is 82.0 Å². The Morgan fingerprint density at radius 2 is 1.33 bits per heavy atom. The van der Waals surface area contributed by atoms with Gasteiger partial charge in [-0.05, 0) is 44.2 Å². The second-order valence-electron chi connectivity index (χ2n) is 8.60. The fourth-order valence-electron chi connectivity index (χ4n) is 3.83. The predicted octanol–water partition coefficient (Wildman–Crippen LogP) is 6.02. The van der Waals surface area contributed by atoms with Crippen LogP contribution < -0.4 is 0 Å². The molecule has 0 fully saturated rings. The molecule has 0 unspecified atom stereocenters. The van der Waals surface area contributed by atoms with E-state index in [2.05, 4.69) is 4.98 Å². The van der Waals surface area contributed by atoms with Gasteiger partial charge < -0.3 is 4.74 Å². The largest absolute Gasteiger partial charge is 0.454 e. The molecule has 3 aromatic carbocycles. The molecule has 2 aromatic heterocycles. The van der Waals surface area contributed by atoms with Crippen LogP contribution in [-0.2, 0) is 4.74 Å². The standard InChI is InChI=1S/C30H23N3O3/c1-19-5-9-21(10-6-19)28-29(22-11-7-20(2)8-12-22)33-26-16-23(13-14-25(26)32-28)30(35)36-18-27(34)24-4-3-15-31-17-24/h3-17H,18H2,1-2H3. The lowest BCUT2D eigenvalue weighted by atomic mass is 10.0. The van der Waals surface area contributed by atoms with E-state index in [4.69, 9.17) is 14.7 Å². The third-order valence-corrected chi connectivity index (χ3v) is 5.87. The van der Waals surface area contributed by atoms with E-state index in [0.29, 0.717) is 22.2 Å². The SMILES string of the molecule is Cc1ccc(-c2nc3ccc(C(=O)OCC(=O)c4cccnc4)cc3nc2-c2ccc(C)cc2)cc1. The van der Waals surface area contributed by atoms with Crippen LogP contribution in [0.1, 0.15) is 31.8 Å². The monoisotopic (exact) mass is 473 g/mol. The normalized spacial score (nSPS) is 10.8. The molecule has 2 heterocycles.